The molecule has 0 spiro atoms. The highest BCUT2D eigenvalue weighted by molar-refractivity contribution is 5.74. The number of carboxylic acid groups (broad SMARTS) is 1. The number of ether oxygens (including phenoxy) is 2. The molecule has 6 heteroatoms. The summed E-state index contributed by atoms with van der Waals surface area (Å²) in [5, 5.41) is 10.4. The van der Waals surface area contributed by atoms with Crippen LogP contribution >= 0.6 is 0 Å². The van der Waals surface area contributed by atoms with E-state index in [1.54, 1.807) is 0 Å². The van der Waals surface area contributed by atoms with Crippen LogP contribution in [-0.4, -0.2) is 30.9 Å². The molecule has 0 aromatic heterocycles. The van der Waals surface area contributed by atoms with Crippen molar-refractivity contribution in [2.45, 2.75) is 51.4 Å². The van der Waals surface area contributed by atoms with E-state index in [1.165, 1.54) is 13.8 Å². The molecule has 2 unspecified atom stereocenters. The zero-order valence-corrected chi connectivity index (χ0v) is 9.95. The molecule has 0 radical (unpaired) electrons. The highest BCUT2D eigenvalue weighted by Crippen LogP contribution is 2.29. The highest BCUT2D eigenvalue weighted by Gasteiger charge is 2.45. The van der Waals surface area contributed by atoms with Crippen LogP contribution in [0.2, 0.25) is 0 Å². The van der Waals surface area contributed by atoms with Crippen molar-refractivity contribution in [2.75, 3.05) is 6.61 Å². The summed E-state index contributed by atoms with van der Waals surface area (Å²) in [5.41, 5.74) is 0. The van der Waals surface area contributed by atoms with Crippen LogP contribution in [0.4, 0.5) is 8.78 Å². The number of hydrogen-bond acceptors (Lipinski definition) is 4. The van der Waals surface area contributed by atoms with E-state index in [0.717, 1.165) is 12.8 Å². The smallest absolute Gasteiger partial charge is 0.313 e. The van der Waals surface area contributed by atoms with Gasteiger partial charge in [0.05, 0.1) is 0 Å². The molecule has 100 valence electrons. The predicted octanol–water partition coefficient (Wildman–Crippen LogP) is 0.939. The zero-order chi connectivity index (χ0) is 13.1. The molecule has 1 saturated heterocycles. The third-order valence-corrected chi connectivity index (χ3v) is 2.67. The van der Waals surface area contributed by atoms with E-state index in [9.17, 15) is 18.7 Å². The second kappa shape index (κ2) is 5.73. The van der Waals surface area contributed by atoms with Gasteiger partial charge >= 0.3 is 5.92 Å². The fourth-order valence-electron chi connectivity index (χ4n) is 1.76. The second-order valence-corrected chi connectivity index (χ2v) is 4.51. The summed E-state index contributed by atoms with van der Waals surface area (Å²) in [6, 6.07) is 0. The van der Waals surface area contributed by atoms with Gasteiger partial charge in [0.15, 0.2) is 6.29 Å². The second-order valence-electron chi connectivity index (χ2n) is 4.51. The molecule has 0 aromatic carbocycles. The van der Waals surface area contributed by atoms with Gasteiger partial charge < -0.3 is 19.4 Å². The van der Waals surface area contributed by atoms with E-state index in [4.69, 9.17) is 9.47 Å². The first-order valence-electron chi connectivity index (χ1n) is 5.72. The first kappa shape index (κ1) is 14.3. The number of carbonyl (C=O) groups excluding carboxylic acids is 1. The van der Waals surface area contributed by atoms with Gasteiger partial charge in [-0.25, -0.2) is 0 Å². The van der Waals surface area contributed by atoms with E-state index in [0.29, 0.717) is 13.0 Å². The predicted molar refractivity (Wildman–Crippen MR) is 53.3 cm³/mol. The summed E-state index contributed by atoms with van der Waals surface area (Å²) in [4.78, 5) is 10.4. The molecule has 0 aromatic rings. The Bertz CT molecular complexity index is 262. The van der Waals surface area contributed by atoms with Crippen LogP contribution in [0.5, 0.6) is 0 Å². The first-order chi connectivity index (χ1) is 7.85. The maximum absolute atomic E-state index is 13.4. The molecule has 4 nitrogen and oxygen atoms in total. The third-order valence-electron chi connectivity index (χ3n) is 2.67. The number of alkyl halides is 2. The number of hydrogen-bond donors (Lipinski definition) is 0. The number of halogens is 2. The highest BCUT2D eigenvalue weighted by atomic mass is 19.3. The average molecular weight is 251 g/mol. The summed E-state index contributed by atoms with van der Waals surface area (Å²) in [6.45, 7) is 3.40. The topological polar surface area (TPSA) is 58.6 Å². The summed E-state index contributed by atoms with van der Waals surface area (Å²) < 4.78 is 37.0. The standard InChI is InChI=1S/C11H18F2O4/c1-7(2)9(11(12,13)10(14)15)17-8-5-3-4-6-16-8/h7-9H,3-6H2,1-2H3,(H,14,15)/p-1. The molecule has 0 bridgehead atoms. The fraction of sp³-hybridized carbons (Fsp3) is 0.909. The van der Waals surface area contributed by atoms with Crippen molar-refractivity contribution in [1.82, 2.24) is 0 Å². The number of carboxylic acids is 1. The van der Waals surface area contributed by atoms with Crippen LogP contribution in [-0.2, 0) is 14.3 Å². The van der Waals surface area contributed by atoms with Gasteiger partial charge in [0.1, 0.15) is 12.1 Å². The van der Waals surface area contributed by atoms with Crippen molar-refractivity contribution in [3.63, 3.8) is 0 Å². The van der Waals surface area contributed by atoms with E-state index in [1.807, 2.05) is 0 Å². The Morgan fingerprint density at radius 2 is 2.12 bits per heavy atom. The Hall–Kier alpha value is -0.750. The quantitative estimate of drug-likeness (QED) is 0.729. The molecule has 0 aliphatic carbocycles. The van der Waals surface area contributed by atoms with Gasteiger partial charge in [-0.05, 0) is 25.2 Å². The minimum Gasteiger partial charge on any atom is -0.544 e. The Morgan fingerprint density at radius 3 is 2.53 bits per heavy atom. The summed E-state index contributed by atoms with van der Waals surface area (Å²) >= 11 is 0. The molecule has 1 heterocycles. The molecule has 1 aliphatic rings. The van der Waals surface area contributed by atoms with Crippen LogP contribution in [0.25, 0.3) is 0 Å². The van der Waals surface area contributed by atoms with Crippen molar-refractivity contribution in [3.05, 3.63) is 0 Å². The molecule has 2 atom stereocenters. The van der Waals surface area contributed by atoms with Gasteiger partial charge in [-0.15, -0.1) is 0 Å². The summed E-state index contributed by atoms with van der Waals surface area (Å²) in [6.07, 6.45) is -0.279. The van der Waals surface area contributed by atoms with E-state index in [2.05, 4.69) is 0 Å². The van der Waals surface area contributed by atoms with Crippen molar-refractivity contribution in [3.8, 4) is 0 Å². The Labute approximate surface area is 98.9 Å². The van der Waals surface area contributed by atoms with Crippen LogP contribution in [0.15, 0.2) is 0 Å². The maximum atomic E-state index is 13.4. The largest absolute Gasteiger partial charge is 0.544 e. The van der Waals surface area contributed by atoms with Gasteiger partial charge in [0, 0.05) is 6.61 Å². The fourth-order valence-corrected chi connectivity index (χ4v) is 1.76. The monoisotopic (exact) mass is 251 g/mol. The van der Waals surface area contributed by atoms with Crippen LogP contribution in [0.3, 0.4) is 0 Å². The zero-order valence-electron chi connectivity index (χ0n) is 9.95. The van der Waals surface area contributed by atoms with Gasteiger partial charge in [0.2, 0.25) is 0 Å². The van der Waals surface area contributed by atoms with Gasteiger partial charge in [-0.1, -0.05) is 13.8 Å². The number of carbonyl (C=O) groups is 1. The van der Waals surface area contributed by atoms with Crippen LogP contribution in [0.1, 0.15) is 33.1 Å². The van der Waals surface area contributed by atoms with Crippen molar-refractivity contribution in [2.24, 2.45) is 5.92 Å². The lowest BCUT2D eigenvalue weighted by Crippen LogP contribution is -2.54. The minimum absolute atomic E-state index is 0.451. The SMILES string of the molecule is CC(C)C(OC1CCCCO1)C(F)(F)C(=O)[O-]. The lowest BCUT2D eigenvalue weighted by molar-refractivity contribution is -0.345. The molecule has 0 amide bonds. The van der Waals surface area contributed by atoms with Crippen LogP contribution in [0, 0.1) is 5.92 Å². The Balaban J connectivity index is 2.68. The molecule has 1 rings (SSSR count). The van der Waals surface area contributed by atoms with Gasteiger partial charge in [0.25, 0.3) is 0 Å². The Morgan fingerprint density at radius 1 is 1.47 bits per heavy atom. The van der Waals surface area contributed by atoms with E-state index >= 15 is 0 Å². The van der Waals surface area contributed by atoms with Gasteiger partial charge in [-0.2, -0.15) is 8.78 Å². The normalized spacial score (nSPS) is 23.7. The van der Waals surface area contributed by atoms with Crippen molar-refractivity contribution < 1.29 is 28.2 Å². The van der Waals surface area contributed by atoms with E-state index < -0.39 is 30.2 Å². The lowest BCUT2D eigenvalue weighted by Gasteiger charge is -2.34. The molecule has 1 fully saturated rings. The number of rotatable bonds is 5. The lowest BCUT2D eigenvalue weighted by atomic mass is 10.0. The average Bonchev–Trinajstić information content (AvgIpc) is 2.26. The molecule has 1 aliphatic heterocycles. The molecule has 17 heavy (non-hydrogen) atoms. The van der Waals surface area contributed by atoms with Crippen molar-refractivity contribution in [1.29, 1.82) is 0 Å². The Kier molecular flexibility index (Phi) is 4.82. The summed E-state index contributed by atoms with van der Waals surface area (Å²) in [7, 11) is 0. The van der Waals surface area contributed by atoms with Gasteiger partial charge in [-0.3, -0.25) is 0 Å². The molecule has 0 saturated carbocycles. The first-order valence-corrected chi connectivity index (χ1v) is 5.72. The molecule has 0 N–H and O–H groups in total. The third kappa shape index (κ3) is 3.61. The van der Waals surface area contributed by atoms with Crippen molar-refractivity contribution >= 4 is 5.97 Å². The minimum atomic E-state index is -4.00. The molecular formula is C11H17F2O4-. The molecular weight excluding hydrogens is 234 g/mol. The summed E-state index contributed by atoms with van der Waals surface area (Å²) in [5.74, 6) is -7.06. The van der Waals surface area contributed by atoms with E-state index in [-0.39, 0.29) is 0 Å². The maximum Gasteiger partial charge on any atom is 0.313 e. The van der Waals surface area contributed by atoms with Crippen LogP contribution < -0.4 is 5.11 Å². The number of aliphatic carboxylic acids is 1.